The third-order valence-corrected chi connectivity index (χ3v) is 3.86. The summed E-state index contributed by atoms with van der Waals surface area (Å²) in [5.74, 6) is 0.722. The van der Waals surface area contributed by atoms with Gasteiger partial charge in [0.15, 0.2) is 0 Å². The van der Waals surface area contributed by atoms with E-state index in [1.807, 2.05) is 12.4 Å². The predicted octanol–water partition coefficient (Wildman–Crippen LogP) is 2.99. The molecule has 106 valence electrons. The number of pyridine rings is 1. The maximum Gasteiger partial charge on any atom is 0.0429 e. The third kappa shape index (κ3) is 3.93. The lowest BCUT2D eigenvalue weighted by Gasteiger charge is -2.38. The van der Waals surface area contributed by atoms with Crippen LogP contribution >= 0.6 is 0 Å². The van der Waals surface area contributed by atoms with Crippen molar-refractivity contribution in [2.24, 2.45) is 5.92 Å². The van der Waals surface area contributed by atoms with Gasteiger partial charge in [-0.1, -0.05) is 13.8 Å². The molecule has 2 rings (SSSR count). The van der Waals surface area contributed by atoms with E-state index in [0.29, 0.717) is 6.04 Å². The molecule has 1 aliphatic rings. The van der Waals surface area contributed by atoms with Crippen LogP contribution < -0.4 is 10.2 Å². The summed E-state index contributed by atoms with van der Waals surface area (Å²) in [6, 6.07) is 2.80. The number of hydrogen-bond donors (Lipinski definition) is 1. The standard InChI is InChI=1S/C16H27N3/c1-13(2)10-18-12-15-6-4-5-9-19(15)16-7-8-17-11-14(16)3/h7-8,11,13,15,18H,4-6,9-10,12H2,1-3H3. The van der Waals surface area contributed by atoms with Gasteiger partial charge < -0.3 is 10.2 Å². The fraction of sp³-hybridized carbons (Fsp3) is 0.688. The molecule has 1 aromatic heterocycles. The van der Waals surface area contributed by atoms with Gasteiger partial charge >= 0.3 is 0 Å². The highest BCUT2D eigenvalue weighted by atomic mass is 15.2. The first-order valence-corrected chi connectivity index (χ1v) is 7.56. The van der Waals surface area contributed by atoms with Crippen molar-refractivity contribution in [2.45, 2.75) is 46.1 Å². The molecule has 0 spiro atoms. The quantitative estimate of drug-likeness (QED) is 0.883. The number of rotatable bonds is 5. The second-order valence-electron chi connectivity index (χ2n) is 6.06. The minimum absolute atomic E-state index is 0.633. The van der Waals surface area contributed by atoms with E-state index in [0.717, 1.165) is 19.0 Å². The second-order valence-corrected chi connectivity index (χ2v) is 6.06. The molecule has 0 saturated carbocycles. The first-order chi connectivity index (χ1) is 9.18. The van der Waals surface area contributed by atoms with E-state index in [-0.39, 0.29) is 0 Å². The third-order valence-electron chi connectivity index (χ3n) is 3.86. The molecule has 1 atom stereocenters. The van der Waals surface area contributed by atoms with Crippen LogP contribution in [0, 0.1) is 12.8 Å². The van der Waals surface area contributed by atoms with Crippen LogP contribution in [-0.4, -0.2) is 30.7 Å². The molecule has 0 aromatic carbocycles. The van der Waals surface area contributed by atoms with Crippen molar-refractivity contribution >= 4 is 5.69 Å². The Bertz CT molecular complexity index is 389. The Hall–Kier alpha value is -1.09. The van der Waals surface area contributed by atoms with Crippen LogP contribution in [0.15, 0.2) is 18.5 Å². The molecule has 3 nitrogen and oxygen atoms in total. The van der Waals surface area contributed by atoms with Gasteiger partial charge in [-0.15, -0.1) is 0 Å². The summed E-state index contributed by atoms with van der Waals surface area (Å²) in [5.41, 5.74) is 2.66. The van der Waals surface area contributed by atoms with E-state index in [9.17, 15) is 0 Å². The normalized spacial score (nSPS) is 20.0. The number of anilines is 1. The summed E-state index contributed by atoms with van der Waals surface area (Å²) in [5, 5.41) is 3.62. The molecule has 1 N–H and O–H groups in total. The van der Waals surface area contributed by atoms with Gasteiger partial charge in [-0.3, -0.25) is 4.98 Å². The van der Waals surface area contributed by atoms with Crippen LogP contribution in [0.4, 0.5) is 5.69 Å². The van der Waals surface area contributed by atoms with Crippen molar-refractivity contribution < 1.29 is 0 Å². The van der Waals surface area contributed by atoms with E-state index >= 15 is 0 Å². The van der Waals surface area contributed by atoms with Crippen LogP contribution in [-0.2, 0) is 0 Å². The Morgan fingerprint density at radius 1 is 1.42 bits per heavy atom. The maximum absolute atomic E-state index is 4.21. The molecule has 0 aliphatic carbocycles. The minimum Gasteiger partial charge on any atom is -0.367 e. The van der Waals surface area contributed by atoms with Crippen molar-refractivity contribution in [3.05, 3.63) is 24.0 Å². The number of nitrogens with one attached hydrogen (secondary N) is 1. The van der Waals surface area contributed by atoms with Gasteiger partial charge in [0, 0.05) is 37.2 Å². The summed E-state index contributed by atoms with van der Waals surface area (Å²) in [4.78, 5) is 6.79. The molecule has 0 bridgehead atoms. The van der Waals surface area contributed by atoms with Gasteiger partial charge in [-0.2, -0.15) is 0 Å². The molecule has 19 heavy (non-hydrogen) atoms. The summed E-state index contributed by atoms with van der Waals surface area (Å²) in [7, 11) is 0. The lowest BCUT2D eigenvalue weighted by molar-refractivity contribution is 0.422. The van der Waals surface area contributed by atoms with Crippen molar-refractivity contribution in [3.63, 3.8) is 0 Å². The molecule has 1 fully saturated rings. The molecule has 1 unspecified atom stereocenters. The summed E-state index contributed by atoms with van der Waals surface area (Å²) in [6.07, 6.45) is 7.85. The van der Waals surface area contributed by atoms with E-state index in [1.54, 1.807) is 0 Å². The molecule has 3 heteroatoms. The molecule has 1 aromatic rings. The number of piperidine rings is 1. The van der Waals surface area contributed by atoms with Crippen LogP contribution in [0.5, 0.6) is 0 Å². The van der Waals surface area contributed by atoms with Crippen molar-refractivity contribution in [3.8, 4) is 0 Å². The summed E-state index contributed by atoms with van der Waals surface area (Å²) < 4.78 is 0. The van der Waals surface area contributed by atoms with Crippen molar-refractivity contribution in [2.75, 3.05) is 24.5 Å². The Kier molecular flexibility index (Phi) is 5.20. The maximum atomic E-state index is 4.21. The average molecular weight is 261 g/mol. The molecular formula is C16H27N3. The second kappa shape index (κ2) is 6.90. The Labute approximate surface area is 117 Å². The van der Waals surface area contributed by atoms with Crippen LogP contribution in [0.2, 0.25) is 0 Å². The topological polar surface area (TPSA) is 28.2 Å². The Morgan fingerprint density at radius 2 is 2.26 bits per heavy atom. The number of aromatic nitrogens is 1. The number of nitrogens with zero attached hydrogens (tertiary/aromatic N) is 2. The van der Waals surface area contributed by atoms with E-state index in [1.165, 1.54) is 37.1 Å². The predicted molar refractivity (Wildman–Crippen MR) is 81.7 cm³/mol. The van der Waals surface area contributed by atoms with E-state index in [4.69, 9.17) is 0 Å². The summed E-state index contributed by atoms with van der Waals surface area (Å²) in [6.45, 7) is 10.1. The lowest BCUT2D eigenvalue weighted by Crippen LogP contribution is -2.46. The molecule has 0 radical (unpaired) electrons. The monoisotopic (exact) mass is 261 g/mol. The van der Waals surface area contributed by atoms with Crippen LogP contribution in [0.3, 0.4) is 0 Å². The molecule has 1 saturated heterocycles. The fourth-order valence-corrected chi connectivity index (χ4v) is 2.86. The van der Waals surface area contributed by atoms with Gasteiger partial charge in [0.25, 0.3) is 0 Å². The zero-order valence-electron chi connectivity index (χ0n) is 12.5. The highest BCUT2D eigenvalue weighted by Gasteiger charge is 2.23. The van der Waals surface area contributed by atoms with Gasteiger partial charge in [-0.05, 0) is 50.3 Å². The average Bonchev–Trinajstić information content (AvgIpc) is 2.40. The fourth-order valence-electron chi connectivity index (χ4n) is 2.86. The number of hydrogen-bond acceptors (Lipinski definition) is 3. The molecule has 0 amide bonds. The summed E-state index contributed by atoms with van der Waals surface area (Å²) >= 11 is 0. The van der Waals surface area contributed by atoms with E-state index < -0.39 is 0 Å². The van der Waals surface area contributed by atoms with Gasteiger partial charge in [-0.25, -0.2) is 0 Å². The zero-order chi connectivity index (χ0) is 13.7. The van der Waals surface area contributed by atoms with Gasteiger partial charge in [0.05, 0.1) is 0 Å². The van der Waals surface area contributed by atoms with Crippen molar-refractivity contribution in [1.29, 1.82) is 0 Å². The van der Waals surface area contributed by atoms with Crippen molar-refractivity contribution in [1.82, 2.24) is 10.3 Å². The largest absolute Gasteiger partial charge is 0.367 e. The first kappa shape index (κ1) is 14.3. The molecular weight excluding hydrogens is 234 g/mol. The van der Waals surface area contributed by atoms with Gasteiger partial charge in [0.2, 0.25) is 0 Å². The zero-order valence-corrected chi connectivity index (χ0v) is 12.5. The minimum atomic E-state index is 0.633. The first-order valence-electron chi connectivity index (χ1n) is 7.56. The Balaban J connectivity index is 2.02. The molecule has 1 aliphatic heterocycles. The smallest absolute Gasteiger partial charge is 0.0429 e. The highest BCUT2D eigenvalue weighted by Crippen LogP contribution is 2.26. The lowest BCUT2D eigenvalue weighted by atomic mass is 10.00. The highest BCUT2D eigenvalue weighted by molar-refractivity contribution is 5.52. The van der Waals surface area contributed by atoms with E-state index in [2.05, 4.69) is 42.0 Å². The van der Waals surface area contributed by atoms with Crippen LogP contribution in [0.1, 0.15) is 38.7 Å². The van der Waals surface area contributed by atoms with Gasteiger partial charge in [0.1, 0.15) is 0 Å². The van der Waals surface area contributed by atoms with Crippen LogP contribution in [0.25, 0.3) is 0 Å². The number of aryl methyl sites for hydroxylation is 1. The SMILES string of the molecule is Cc1cnccc1N1CCCCC1CNCC(C)C. The Morgan fingerprint density at radius 3 is 3.00 bits per heavy atom. The molecule has 2 heterocycles.